The maximum atomic E-state index is 12.0. The lowest BCUT2D eigenvalue weighted by Crippen LogP contribution is -2.35. The number of hydrogen-bond donors (Lipinski definition) is 2. The molecule has 0 atom stereocenters. The molecule has 0 aromatic heterocycles. The minimum absolute atomic E-state index is 0.150. The van der Waals surface area contributed by atoms with Crippen LogP contribution in [0.15, 0.2) is 59.1 Å². The van der Waals surface area contributed by atoms with Gasteiger partial charge in [0.1, 0.15) is 0 Å². The van der Waals surface area contributed by atoms with E-state index in [1.165, 1.54) is 5.56 Å². The summed E-state index contributed by atoms with van der Waals surface area (Å²) in [6.07, 6.45) is 2.97. The fraction of sp³-hybridized carbons (Fsp3) is 0.0625. The molecule has 4 heteroatoms. The zero-order chi connectivity index (χ0) is 13.9. The molecule has 2 aromatic rings. The Morgan fingerprint density at radius 1 is 1.05 bits per heavy atom. The van der Waals surface area contributed by atoms with Crippen molar-refractivity contribution in [3.8, 4) is 0 Å². The maximum Gasteiger partial charge on any atom is 0.269 e. The largest absolute Gasteiger partial charge is 0.298 e. The summed E-state index contributed by atoms with van der Waals surface area (Å²) in [5, 5.41) is 0. The molecule has 0 saturated carbocycles. The van der Waals surface area contributed by atoms with Crippen molar-refractivity contribution in [1.82, 2.24) is 10.9 Å². The summed E-state index contributed by atoms with van der Waals surface area (Å²) in [5.41, 5.74) is 9.71. The fourth-order valence-corrected chi connectivity index (χ4v) is 2.46. The predicted molar refractivity (Wildman–Crippen MR) is 82.9 cm³/mol. The van der Waals surface area contributed by atoms with Crippen LogP contribution in [-0.4, -0.2) is 5.91 Å². The van der Waals surface area contributed by atoms with E-state index in [0.29, 0.717) is 5.56 Å². The van der Waals surface area contributed by atoms with Gasteiger partial charge < -0.3 is 0 Å². The SMILES string of the molecule is O=C(NNC1=CCc2ccccc21)c1ccc(Br)cc1. The normalized spacial score (nSPS) is 12.6. The van der Waals surface area contributed by atoms with Crippen LogP contribution >= 0.6 is 15.9 Å². The topological polar surface area (TPSA) is 41.1 Å². The van der Waals surface area contributed by atoms with Crippen LogP contribution in [-0.2, 0) is 6.42 Å². The zero-order valence-electron chi connectivity index (χ0n) is 10.7. The minimum atomic E-state index is -0.150. The van der Waals surface area contributed by atoms with Crippen molar-refractivity contribution in [2.45, 2.75) is 6.42 Å². The molecule has 0 fully saturated rings. The van der Waals surface area contributed by atoms with E-state index in [0.717, 1.165) is 22.2 Å². The number of carbonyl (C=O) groups excluding carboxylic acids is 1. The van der Waals surface area contributed by atoms with Gasteiger partial charge in [0.05, 0.1) is 5.70 Å². The number of fused-ring (bicyclic) bond motifs is 1. The number of carbonyl (C=O) groups is 1. The van der Waals surface area contributed by atoms with E-state index < -0.39 is 0 Å². The molecule has 1 aliphatic carbocycles. The highest BCUT2D eigenvalue weighted by Crippen LogP contribution is 2.24. The first-order valence-electron chi connectivity index (χ1n) is 6.34. The smallest absolute Gasteiger partial charge is 0.269 e. The second-order valence-corrected chi connectivity index (χ2v) is 5.48. The molecule has 0 aliphatic heterocycles. The third-order valence-corrected chi connectivity index (χ3v) is 3.78. The highest BCUT2D eigenvalue weighted by Gasteiger charge is 2.13. The first-order valence-corrected chi connectivity index (χ1v) is 7.14. The summed E-state index contributed by atoms with van der Waals surface area (Å²) in [6, 6.07) is 15.4. The van der Waals surface area contributed by atoms with E-state index in [4.69, 9.17) is 0 Å². The number of nitrogens with one attached hydrogen (secondary N) is 2. The molecule has 3 rings (SSSR count). The van der Waals surface area contributed by atoms with Gasteiger partial charge in [-0.2, -0.15) is 0 Å². The molecule has 0 unspecified atom stereocenters. The van der Waals surface area contributed by atoms with Crippen LogP contribution in [0.1, 0.15) is 21.5 Å². The van der Waals surface area contributed by atoms with Crippen LogP contribution in [0.25, 0.3) is 5.70 Å². The van der Waals surface area contributed by atoms with Crippen LogP contribution in [0.5, 0.6) is 0 Å². The molecule has 2 N–H and O–H groups in total. The van der Waals surface area contributed by atoms with Gasteiger partial charge in [-0.25, -0.2) is 0 Å². The van der Waals surface area contributed by atoms with Gasteiger partial charge in [-0.15, -0.1) is 0 Å². The Hall–Kier alpha value is -2.07. The molecule has 0 radical (unpaired) electrons. The second-order valence-electron chi connectivity index (χ2n) is 4.57. The molecule has 100 valence electrons. The average molecular weight is 329 g/mol. The summed E-state index contributed by atoms with van der Waals surface area (Å²) in [7, 11) is 0. The highest BCUT2D eigenvalue weighted by molar-refractivity contribution is 9.10. The lowest BCUT2D eigenvalue weighted by molar-refractivity contribution is 0.0942. The van der Waals surface area contributed by atoms with Crippen molar-refractivity contribution in [3.05, 3.63) is 75.8 Å². The van der Waals surface area contributed by atoms with E-state index in [9.17, 15) is 4.79 Å². The summed E-state index contributed by atoms with van der Waals surface area (Å²) >= 11 is 3.35. The summed E-state index contributed by atoms with van der Waals surface area (Å²) in [6.45, 7) is 0. The van der Waals surface area contributed by atoms with Gasteiger partial charge >= 0.3 is 0 Å². The molecule has 1 aliphatic rings. The number of halogens is 1. The van der Waals surface area contributed by atoms with Crippen molar-refractivity contribution >= 4 is 27.5 Å². The van der Waals surface area contributed by atoms with Crippen LogP contribution < -0.4 is 10.9 Å². The lowest BCUT2D eigenvalue weighted by atomic mass is 10.1. The van der Waals surface area contributed by atoms with E-state index in [1.807, 2.05) is 30.3 Å². The van der Waals surface area contributed by atoms with Crippen LogP contribution in [0, 0.1) is 0 Å². The molecule has 0 heterocycles. The van der Waals surface area contributed by atoms with Gasteiger partial charge in [0.25, 0.3) is 5.91 Å². The number of rotatable bonds is 3. The van der Waals surface area contributed by atoms with Gasteiger partial charge in [-0.3, -0.25) is 15.6 Å². The van der Waals surface area contributed by atoms with Gasteiger partial charge in [-0.05, 0) is 36.2 Å². The Balaban J connectivity index is 1.66. The first-order chi connectivity index (χ1) is 9.74. The fourth-order valence-electron chi connectivity index (χ4n) is 2.20. The van der Waals surface area contributed by atoms with Crippen molar-refractivity contribution in [2.75, 3.05) is 0 Å². The molecule has 0 bridgehead atoms. The molecular weight excluding hydrogens is 316 g/mol. The number of hydrazine groups is 1. The zero-order valence-corrected chi connectivity index (χ0v) is 12.3. The Labute approximate surface area is 125 Å². The van der Waals surface area contributed by atoms with Gasteiger partial charge in [-0.1, -0.05) is 46.3 Å². The monoisotopic (exact) mass is 328 g/mol. The molecule has 0 spiro atoms. The van der Waals surface area contributed by atoms with Crippen LogP contribution in [0.3, 0.4) is 0 Å². The summed E-state index contributed by atoms with van der Waals surface area (Å²) < 4.78 is 0.953. The molecule has 3 nitrogen and oxygen atoms in total. The molecule has 2 aromatic carbocycles. The number of benzene rings is 2. The summed E-state index contributed by atoms with van der Waals surface area (Å²) in [4.78, 5) is 12.0. The Kier molecular flexibility index (Phi) is 3.56. The average Bonchev–Trinajstić information content (AvgIpc) is 2.89. The van der Waals surface area contributed by atoms with E-state index in [2.05, 4.69) is 38.9 Å². The van der Waals surface area contributed by atoms with Crippen LogP contribution in [0.2, 0.25) is 0 Å². The van der Waals surface area contributed by atoms with Gasteiger partial charge in [0, 0.05) is 15.6 Å². The minimum Gasteiger partial charge on any atom is -0.298 e. The van der Waals surface area contributed by atoms with E-state index in [1.54, 1.807) is 12.1 Å². The number of hydrogen-bond acceptors (Lipinski definition) is 2. The number of amides is 1. The predicted octanol–water partition coefficient (Wildman–Crippen LogP) is 3.28. The van der Waals surface area contributed by atoms with E-state index >= 15 is 0 Å². The third-order valence-electron chi connectivity index (χ3n) is 3.25. The Bertz CT molecular complexity index is 677. The molecule has 0 saturated heterocycles. The van der Waals surface area contributed by atoms with Gasteiger partial charge in [0.15, 0.2) is 0 Å². The van der Waals surface area contributed by atoms with Crippen molar-refractivity contribution < 1.29 is 4.79 Å². The van der Waals surface area contributed by atoms with Crippen molar-refractivity contribution in [2.24, 2.45) is 0 Å². The standard InChI is InChI=1S/C16H13BrN2O/c17-13-8-5-12(6-9-13)16(20)19-18-15-10-7-11-3-1-2-4-14(11)15/h1-6,8-10,18H,7H2,(H,19,20). The second kappa shape index (κ2) is 5.51. The quantitative estimate of drug-likeness (QED) is 0.849. The first kappa shape index (κ1) is 12.9. The van der Waals surface area contributed by atoms with Gasteiger partial charge in [0.2, 0.25) is 0 Å². The Morgan fingerprint density at radius 2 is 1.80 bits per heavy atom. The lowest BCUT2D eigenvalue weighted by Gasteiger charge is -2.11. The number of allylic oxidation sites excluding steroid dienone is 1. The van der Waals surface area contributed by atoms with Crippen LogP contribution in [0.4, 0.5) is 0 Å². The molecule has 1 amide bonds. The third kappa shape index (κ3) is 2.60. The molecular formula is C16H13BrN2O. The van der Waals surface area contributed by atoms with Crippen molar-refractivity contribution in [1.29, 1.82) is 0 Å². The van der Waals surface area contributed by atoms with E-state index in [-0.39, 0.29) is 5.91 Å². The summed E-state index contributed by atoms with van der Waals surface area (Å²) in [5.74, 6) is -0.150. The highest BCUT2D eigenvalue weighted by atomic mass is 79.9. The Morgan fingerprint density at radius 3 is 2.60 bits per heavy atom. The van der Waals surface area contributed by atoms with Crippen molar-refractivity contribution in [3.63, 3.8) is 0 Å². The molecule has 20 heavy (non-hydrogen) atoms. The maximum absolute atomic E-state index is 12.0.